The highest BCUT2D eigenvalue weighted by Gasteiger charge is 2.16. The molecule has 31 heavy (non-hydrogen) atoms. The van der Waals surface area contributed by atoms with Gasteiger partial charge in [0.15, 0.2) is 0 Å². The summed E-state index contributed by atoms with van der Waals surface area (Å²) in [5, 5.41) is 5.14. The van der Waals surface area contributed by atoms with Crippen LogP contribution in [0.1, 0.15) is 29.6 Å². The van der Waals surface area contributed by atoms with Crippen LogP contribution in [0, 0.1) is 0 Å². The molecular weight excluding hydrogens is 426 g/mol. The van der Waals surface area contributed by atoms with Crippen LogP contribution in [0.3, 0.4) is 0 Å². The van der Waals surface area contributed by atoms with E-state index >= 15 is 0 Å². The summed E-state index contributed by atoms with van der Waals surface area (Å²) in [4.78, 5) is 20.5. The van der Waals surface area contributed by atoms with E-state index in [2.05, 4.69) is 33.7 Å². The van der Waals surface area contributed by atoms with Gasteiger partial charge in [-0.3, -0.25) is 4.79 Å². The van der Waals surface area contributed by atoms with E-state index in [4.69, 9.17) is 9.72 Å². The van der Waals surface area contributed by atoms with Crippen molar-refractivity contribution in [2.75, 3.05) is 7.11 Å². The van der Waals surface area contributed by atoms with Crippen LogP contribution in [0.4, 0.5) is 0 Å². The molecule has 0 saturated heterocycles. The lowest BCUT2D eigenvalue weighted by atomic mass is 10.2. The molecule has 0 atom stereocenters. The molecule has 1 amide bonds. The topological polar surface area (TPSA) is 47.4 Å². The number of thiazole rings is 1. The van der Waals surface area contributed by atoms with Crippen molar-refractivity contribution in [3.8, 4) is 16.3 Å². The van der Waals surface area contributed by atoms with Crippen molar-refractivity contribution in [2.24, 2.45) is 0 Å². The lowest BCUT2D eigenvalue weighted by molar-refractivity contribution is -0.132. The number of methoxy groups -OCH3 is 1. The summed E-state index contributed by atoms with van der Waals surface area (Å²) in [6, 6.07) is 16.2. The van der Waals surface area contributed by atoms with Gasteiger partial charge in [-0.1, -0.05) is 13.0 Å². The Kier molecular flexibility index (Phi) is 6.84. The zero-order valence-electron chi connectivity index (χ0n) is 17.7. The van der Waals surface area contributed by atoms with Crippen molar-refractivity contribution in [3.63, 3.8) is 0 Å². The summed E-state index contributed by atoms with van der Waals surface area (Å²) in [6.07, 6.45) is 2.56. The normalized spacial score (nSPS) is 10.9. The molecule has 0 aliphatic heterocycles. The molecule has 0 bridgehead atoms. The Labute approximate surface area is 190 Å². The van der Waals surface area contributed by atoms with Crippen molar-refractivity contribution in [2.45, 2.75) is 33.0 Å². The second-order valence-corrected chi connectivity index (χ2v) is 9.07. The van der Waals surface area contributed by atoms with Gasteiger partial charge in [0.25, 0.3) is 0 Å². The monoisotopic (exact) mass is 451 g/mol. The van der Waals surface area contributed by atoms with Crippen LogP contribution in [0.5, 0.6) is 5.75 Å². The average Bonchev–Trinajstić information content (AvgIpc) is 3.56. The van der Waals surface area contributed by atoms with Crippen LogP contribution in [-0.2, 0) is 24.4 Å². The second kappa shape index (κ2) is 9.94. The van der Waals surface area contributed by atoms with Gasteiger partial charge in [0, 0.05) is 34.1 Å². The molecule has 4 rings (SSSR count). The highest BCUT2D eigenvalue weighted by atomic mass is 32.1. The summed E-state index contributed by atoms with van der Waals surface area (Å²) in [7, 11) is 1.67. The smallest absolute Gasteiger partial charge is 0.222 e. The third-order valence-corrected chi connectivity index (χ3v) is 6.88. The Bertz CT molecular complexity index is 1110. The van der Waals surface area contributed by atoms with Crippen LogP contribution < -0.4 is 4.74 Å². The van der Waals surface area contributed by atoms with E-state index in [1.54, 1.807) is 29.8 Å². The number of hydrogen-bond donors (Lipinski definition) is 0. The molecule has 0 radical (unpaired) electrons. The number of aromatic nitrogens is 2. The highest BCUT2D eigenvalue weighted by molar-refractivity contribution is 7.13. The molecule has 0 saturated carbocycles. The van der Waals surface area contributed by atoms with Gasteiger partial charge in [0.2, 0.25) is 5.91 Å². The fourth-order valence-corrected chi connectivity index (χ4v) is 4.95. The fraction of sp³-hybridized carbons (Fsp3) is 0.250. The van der Waals surface area contributed by atoms with Crippen molar-refractivity contribution in [1.29, 1.82) is 0 Å². The molecule has 3 aromatic heterocycles. The number of ether oxygens (including phenoxy) is 1. The molecule has 7 heteroatoms. The van der Waals surface area contributed by atoms with Gasteiger partial charge in [-0.15, -0.1) is 22.7 Å². The van der Waals surface area contributed by atoms with Crippen molar-refractivity contribution in [1.82, 2.24) is 14.5 Å². The molecular formula is C24H25N3O2S2. The molecule has 5 nitrogen and oxygen atoms in total. The Morgan fingerprint density at radius 2 is 1.94 bits per heavy atom. The molecule has 0 aliphatic rings. The number of hydrogen-bond acceptors (Lipinski definition) is 5. The van der Waals surface area contributed by atoms with Gasteiger partial charge in [-0.2, -0.15) is 0 Å². The number of thiophene rings is 1. The molecule has 0 fully saturated rings. The number of rotatable bonds is 9. The van der Waals surface area contributed by atoms with Crippen LogP contribution in [-0.4, -0.2) is 27.5 Å². The predicted molar refractivity (Wildman–Crippen MR) is 127 cm³/mol. The van der Waals surface area contributed by atoms with E-state index in [1.807, 2.05) is 48.2 Å². The predicted octanol–water partition coefficient (Wildman–Crippen LogP) is 5.67. The number of carbonyl (C=O) groups excluding carboxylic acids is 1. The molecule has 0 spiro atoms. The minimum absolute atomic E-state index is 0.164. The first-order valence-corrected chi connectivity index (χ1v) is 11.9. The van der Waals surface area contributed by atoms with Crippen molar-refractivity contribution < 1.29 is 9.53 Å². The van der Waals surface area contributed by atoms with E-state index in [0.717, 1.165) is 27.7 Å². The zero-order valence-corrected chi connectivity index (χ0v) is 19.3. The van der Waals surface area contributed by atoms with E-state index < -0.39 is 0 Å². The summed E-state index contributed by atoms with van der Waals surface area (Å²) >= 11 is 3.32. The van der Waals surface area contributed by atoms with Gasteiger partial charge in [0.05, 0.1) is 32.4 Å². The summed E-state index contributed by atoms with van der Waals surface area (Å²) in [6.45, 7) is 3.84. The number of carbonyl (C=O) groups is 1. The maximum atomic E-state index is 12.5. The Morgan fingerprint density at radius 3 is 2.65 bits per heavy atom. The van der Waals surface area contributed by atoms with Gasteiger partial charge in [-0.05, 0) is 47.8 Å². The quantitative estimate of drug-likeness (QED) is 0.329. The minimum atomic E-state index is 0.164. The standard InChI is InChI=1S/C24H25N3O2S2/c1-3-23(28)27(16-22-7-5-13-30-22)15-20-6-4-12-26(20)14-19-17-31-24(25-19)18-8-10-21(29-2)11-9-18/h4-13,17H,3,14-16H2,1-2H3. The van der Waals surface area contributed by atoms with E-state index in [0.29, 0.717) is 26.1 Å². The maximum Gasteiger partial charge on any atom is 0.222 e. The van der Waals surface area contributed by atoms with Crippen molar-refractivity contribution in [3.05, 3.63) is 81.8 Å². The molecule has 160 valence electrons. The Balaban J connectivity index is 1.47. The largest absolute Gasteiger partial charge is 0.497 e. The minimum Gasteiger partial charge on any atom is -0.497 e. The molecule has 0 aliphatic carbocycles. The molecule has 4 aromatic rings. The average molecular weight is 452 g/mol. The molecule has 3 heterocycles. The van der Waals surface area contributed by atoms with Gasteiger partial charge < -0.3 is 14.2 Å². The number of nitrogens with zero attached hydrogens (tertiary/aromatic N) is 3. The first kappa shape index (κ1) is 21.3. The van der Waals surface area contributed by atoms with Crippen LogP contribution in [0.15, 0.2) is 65.5 Å². The second-order valence-electron chi connectivity index (χ2n) is 7.18. The lowest BCUT2D eigenvalue weighted by Crippen LogP contribution is -2.30. The summed E-state index contributed by atoms with van der Waals surface area (Å²) < 4.78 is 7.41. The first-order chi connectivity index (χ1) is 15.2. The molecule has 1 aromatic carbocycles. The van der Waals surface area contributed by atoms with Gasteiger partial charge in [0.1, 0.15) is 10.8 Å². The van der Waals surface area contributed by atoms with Crippen LogP contribution >= 0.6 is 22.7 Å². The lowest BCUT2D eigenvalue weighted by Gasteiger charge is -2.22. The van der Waals surface area contributed by atoms with Crippen molar-refractivity contribution >= 4 is 28.6 Å². The number of benzene rings is 1. The molecule has 0 unspecified atom stereocenters. The summed E-state index contributed by atoms with van der Waals surface area (Å²) in [5.74, 6) is 1.00. The van der Waals surface area contributed by atoms with E-state index in [9.17, 15) is 4.79 Å². The SMILES string of the molecule is CCC(=O)N(Cc1cccs1)Cc1cccn1Cc1csc(-c2ccc(OC)cc2)n1. The highest BCUT2D eigenvalue weighted by Crippen LogP contribution is 2.26. The maximum absolute atomic E-state index is 12.5. The van der Waals surface area contributed by atoms with E-state index in [1.165, 1.54) is 4.88 Å². The zero-order chi connectivity index (χ0) is 21.6. The van der Waals surface area contributed by atoms with Gasteiger partial charge in [-0.25, -0.2) is 4.98 Å². The summed E-state index contributed by atoms with van der Waals surface area (Å²) in [5.41, 5.74) is 3.21. The van der Waals surface area contributed by atoms with Crippen LogP contribution in [0.2, 0.25) is 0 Å². The third kappa shape index (κ3) is 5.24. The first-order valence-electron chi connectivity index (χ1n) is 10.2. The Hall–Kier alpha value is -2.90. The molecule has 0 N–H and O–H groups in total. The van der Waals surface area contributed by atoms with Gasteiger partial charge >= 0.3 is 0 Å². The van der Waals surface area contributed by atoms with E-state index in [-0.39, 0.29) is 5.91 Å². The fourth-order valence-electron chi connectivity index (χ4n) is 3.41. The number of amides is 1. The van der Waals surface area contributed by atoms with Crippen LogP contribution in [0.25, 0.3) is 10.6 Å². The Morgan fingerprint density at radius 1 is 1.10 bits per heavy atom. The third-order valence-electron chi connectivity index (χ3n) is 5.08.